The third-order valence-corrected chi connectivity index (χ3v) is 3.07. The standard InChI is InChI=1S/C12H24N2/c1-4-6-12-10-14(9-5-2)11(3)7-8-13-12/h5,11-13H,2,4,6-10H2,1,3H3. The Labute approximate surface area is 88.4 Å². The normalized spacial score (nSPS) is 29.9. The second-order valence-corrected chi connectivity index (χ2v) is 4.32. The molecule has 0 aromatic rings. The van der Waals surface area contributed by atoms with Gasteiger partial charge in [0.05, 0.1) is 0 Å². The van der Waals surface area contributed by atoms with Gasteiger partial charge in [0.1, 0.15) is 0 Å². The van der Waals surface area contributed by atoms with Gasteiger partial charge in [0, 0.05) is 25.2 Å². The molecule has 2 atom stereocenters. The molecule has 2 heteroatoms. The highest BCUT2D eigenvalue weighted by Gasteiger charge is 2.20. The van der Waals surface area contributed by atoms with Crippen molar-refractivity contribution in [3.63, 3.8) is 0 Å². The summed E-state index contributed by atoms with van der Waals surface area (Å²) in [6.07, 6.45) is 5.84. The summed E-state index contributed by atoms with van der Waals surface area (Å²) >= 11 is 0. The van der Waals surface area contributed by atoms with E-state index in [2.05, 4.69) is 30.6 Å². The quantitative estimate of drug-likeness (QED) is 0.692. The van der Waals surface area contributed by atoms with Gasteiger partial charge in [-0.05, 0) is 26.3 Å². The fourth-order valence-corrected chi connectivity index (χ4v) is 2.17. The van der Waals surface area contributed by atoms with Crippen LogP contribution in [0.4, 0.5) is 0 Å². The first-order valence-corrected chi connectivity index (χ1v) is 5.86. The maximum absolute atomic E-state index is 3.83. The van der Waals surface area contributed by atoms with E-state index in [-0.39, 0.29) is 0 Å². The zero-order chi connectivity index (χ0) is 10.4. The monoisotopic (exact) mass is 196 g/mol. The lowest BCUT2D eigenvalue weighted by atomic mass is 10.1. The minimum Gasteiger partial charge on any atom is -0.313 e. The molecule has 0 saturated carbocycles. The van der Waals surface area contributed by atoms with Crippen LogP contribution in [0.5, 0.6) is 0 Å². The van der Waals surface area contributed by atoms with Gasteiger partial charge >= 0.3 is 0 Å². The maximum Gasteiger partial charge on any atom is 0.0195 e. The van der Waals surface area contributed by atoms with Crippen molar-refractivity contribution in [2.75, 3.05) is 19.6 Å². The molecule has 82 valence electrons. The van der Waals surface area contributed by atoms with Crippen LogP contribution < -0.4 is 5.32 Å². The average Bonchev–Trinajstić information content (AvgIpc) is 2.31. The Kier molecular flexibility index (Phi) is 5.20. The molecule has 1 aliphatic heterocycles. The highest BCUT2D eigenvalue weighted by molar-refractivity contribution is 4.84. The van der Waals surface area contributed by atoms with Crippen molar-refractivity contribution in [3.05, 3.63) is 12.7 Å². The molecule has 1 heterocycles. The molecule has 2 unspecified atom stereocenters. The number of nitrogens with one attached hydrogen (secondary N) is 1. The van der Waals surface area contributed by atoms with E-state index in [1.54, 1.807) is 0 Å². The summed E-state index contributed by atoms with van der Waals surface area (Å²) in [5.41, 5.74) is 0. The van der Waals surface area contributed by atoms with Gasteiger partial charge in [-0.3, -0.25) is 4.90 Å². The van der Waals surface area contributed by atoms with Gasteiger partial charge in [-0.25, -0.2) is 0 Å². The Morgan fingerprint density at radius 3 is 3.00 bits per heavy atom. The molecule has 0 aromatic carbocycles. The van der Waals surface area contributed by atoms with Crippen molar-refractivity contribution in [2.45, 2.75) is 45.2 Å². The molecule has 1 saturated heterocycles. The predicted molar refractivity (Wildman–Crippen MR) is 62.5 cm³/mol. The number of nitrogens with zero attached hydrogens (tertiary/aromatic N) is 1. The van der Waals surface area contributed by atoms with Gasteiger partial charge in [-0.15, -0.1) is 6.58 Å². The van der Waals surface area contributed by atoms with Crippen molar-refractivity contribution >= 4 is 0 Å². The number of rotatable bonds is 4. The molecule has 0 amide bonds. The van der Waals surface area contributed by atoms with Crippen molar-refractivity contribution < 1.29 is 0 Å². The molecular formula is C12H24N2. The summed E-state index contributed by atoms with van der Waals surface area (Å²) < 4.78 is 0. The lowest BCUT2D eigenvalue weighted by Crippen LogP contribution is -2.40. The summed E-state index contributed by atoms with van der Waals surface area (Å²) in [6, 6.07) is 1.38. The topological polar surface area (TPSA) is 15.3 Å². The lowest BCUT2D eigenvalue weighted by Gasteiger charge is -2.27. The number of hydrogen-bond acceptors (Lipinski definition) is 2. The molecule has 14 heavy (non-hydrogen) atoms. The Morgan fingerprint density at radius 1 is 1.57 bits per heavy atom. The van der Waals surface area contributed by atoms with Crippen LogP contribution in [-0.4, -0.2) is 36.6 Å². The van der Waals surface area contributed by atoms with Crippen LogP contribution in [0, 0.1) is 0 Å². The van der Waals surface area contributed by atoms with Gasteiger partial charge in [-0.1, -0.05) is 19.4 Å². The van der Waals surface area contributed by atoms with Crippen molar-refractivity contribution in [1.82, 2.24) is 10.2 Å². The molecule has 1 N–H and O–H groups in total. The van der Waals surface area contributed by atoms with Crippen molar-refractivity contribution in [3.8, 4) is 0 Å². The van der Waals surface area contributed by atoms with Crippen LogP contribution >= 0.6 is 0 Å². The number of hydrogen-bond donors (Lipinski definition) is 1. The summed E-state index contributed by atoms with van der Waals surface area (Å²) in [5, 5.41) is 3.63. The predicted octanol–water partition coefficient (Wildman–Crippen LogP) is 2.02. The highest BCUT2D eigenvalue weighted by atomic mass is 15.2. The van der Waals surface area contributed by atoms with E-state index in [0.29, 0.717) is 12.1 Å². The maximum atomic E-state index is 3.83. The summed E-state index contributed by atoms with van der Waals surface area (Å²) in [4.78, 5) is 2.54. The fourth-order valence-electron chi connectivity index (χ4n) is 2.17. The van der Waals surface area contributed by atoms with Crippen LogP contribution in [0.3, 0.4) is 0 Å². The van der Waals surface area contributed by atoms with E-state index >= 15 is 0 Å². The smallest absolute Gasteiger partial charge is 0.0195 e. The molecule has 1 fully saturated rings. The van der Waals surface area contributed by atoms with Gasteiger partial charge in [-0.2, -0.15) is 0 Å². The fraction of sp³-hybridized carbons (Fsp3) is 0.833. The Balaban J connectivity index is 2.47. The van der Waals surface area contributed by atoms with E-state index in [0.717, 1.165) is 6.54 Å². The van der Waals surface area contributed by atoms with Gasteiger partial charge in [0.2, 0.25) is 0 Å². The zero-order valence-corrected chi connectivity index (χ0v) is 9.63. The first kappa shape index (κ1) is 11.7. The largest absolute Gasteiger partial charge is 0.313 e. The van der Waals surface area contributed by atoms with Crippen molar-refractivity contribution in [2.24, 2.45) is 0 Å². The molecular weight excluding hydrogens is 172 g/mol. The second-order valence-electron chi connectivity index (χ2n) is 4.32. The third-order valence-electron chi connectivity index (χ3n) is 3.07. The zero-order valence-electron chi connectivity index (χ0n) is 9.63. The highest BCUT2D eigenvalue weighted by Crippen LogP contribution is 2.11. The molecule has 0 aliphatic carbocycles. The first-order chi connectivity index (χ1) is 6.77. The first-order valence-electron chi connectivity index (χ1n) is 5.86. The molecule has 0 radical (unpaired) electrons. The van der Waals surface area contributed by atoms with E-state index < -0.39 is 0 Å². The van der Waals surface area contributed by atoms with E-state index in [9.17, 15) is 0 Å². The van der Waals surface area contributed by atoms with Crippen LogP contribution in [0.2, 0.25) is 0 Å². The molecule has 0 spiro atoms. The van der Waals surface area contributed by atoms with Gasteiger partial charge < -0.3 is 5.32 Å². The van der Waals surface area contributed by atoms with Gasteiger partial charge in [0.25, 0.3) is 0 Å². The minimum atomic E-state index is 0.685. The summed E-state index contributed by atoms with van der Waals surface area (Å²) in [5.74, 6) is 0. The average molecular weight is 196 g/mol. The van der Waals surface area contributed by atoms with Gasteiger partial charge in [0.15, 0.2) is 0 Å². The molecule has 1 aliphatic rings. The Bertz CT molecular complexity index is 168. The summed E-state index contributed by atoms with van der Waals surface area (Å²) in [6.45, 7) is 11.8. The Hall–Kier alpha value is -0.340. The lowest BCUT2D eigenvalue weighted by molar-refractivity contribution is 0.223. The van der Waals surface area contributed by atoms with E-state index in [1.165, 1.54) is 32.4 Å². The molecule has 0 aromatic heterocycles. The van der Waals surface area contributed by atoms with Crippen LogP contribution in [-0.2, 0) is 0 Å². The molecule has 1 rings (SSSR count). The van der Waals surface area contributed by atoms with Crippen LogP contribution in [0.15, 0.2) is 12.7 Å². The Morgan fingerprint density at radius 2 is 2.36 bits per heavy atom. The van der Waals surface area contributed by atoms with Crippen LogP contribution in [0.1, 0.15) is 33.1 Å². The second kappa shape index (κ2) is 6.20. The van der Waals surface area contributed by atoms with E-state index in [1.807, 2.05) is 6.08 Å². The van der Waals surface area contributed by atoms with Crippen molar-refractivity contribution in [1.29, 1.82) is 0 Å². The van der Waals surface area contributed by atoms with E-state index in [4.69, 9.17) is 0 Å². The van der Waals surface area contributed by atoms with Crippen LogP contribution in [0.25, 0.3) is 0 Å². The molecule has 2 nitrogen and oxygen atoms in total. The third kappa shape index (κ3) is 3.43. The molecule has 0 bridgehead atoms. The minimum absolute atomic E-state index is 0.685. The SMILES string of the molecule is C=CCN1CC(CCC)NCCC1C. The summed E-state index contributed by atoms with van der Waals surface area (Å²) in [7, 11) is 0.